The van der Waals surface area contributed by atoms with Crippen LogP contribution in [0.15, 0.2) is 30.3 Å². The molecule has 1 aliphatic heterocycles. The summed E-state index contributed by atoms with van der Waals surface area (Å²) in [5.74, 6) is 0.123. The number of benzene rings is 1. The normalized spacial score (nSPS) is 22.1. The van der Waals surface area contributed by atoms with Gasteiger partial charge in [-0.3, -0.25) is 10.0 Å². The lowest BCUT2D eigenvalue weighted by Crippen LogP contribution is -2.43. The first-order chi connectivity index (χ1) is 10.7. The van der Waals surface area contributed by atoms with Gasteiger partial charge in [-0.1, -0.05) is 75.8 Å². The average molecular weight is 303 g/mol. The minimum atomic E-state index is -0.129. The van der Waals surface area contributed by atoms with Gasteiger partial charge in [-0.05, 0) is 24.3 Å². The second-order valence-corrected chi connectivity index (χ2v) is 6.50. The van der Waals surface area contributed by atoms with E-state index in [2.05, 4.69) is 19.1 Å². The van der Waals surface area contributed by atoms with Gasteiger partial charge in [-0.2, -0.15) is 0 Å². The minimum absolute atomic E-state index is 0.0161. The molecule has 1 aliphatic rings. The molecule has 122 valence electrons. The highest BCUT2D eigenvalue weighted by Crippen LogP contribution is 2.33. The number of carbonyl (C=O) groups excluding carboxylic acids is 1. The van der Waals surface area contributed by atoms with Gasteiger partial charge in [0.2, 0.25) is 5.91 Å². The number of hydrogen-bond donors (Lipinski definition) is 1. The van der Waals surface area contributed by atoms with Crippen molar-refractivity contribution in [2.24, 2.45) is 0 Å². The molecule has 0 aliphatic carbocycles. The summed E-state index contributed by atoms with van der Waals surface area (Å²) in [5.41, 5.74) is 1.22. The van der Waals surface area contributed by atoms with Crippen LogP contribution in [0.5, 0.6) is 0 Å². The van der Waals surface area contributed by atoms with E-state index in [1.54, 1.807) is 0 Å². The van der Waals surface area contributed by atoms with Gasteiger partial charge < -0.3 is 0 Å². The van der Waals surface area contributed by atoms with E-state index in [1.807, 2.05) is 18.2 Å². The van der Waals surface area contributed by atoms with Crippen molar-refractivity contribution in [2.75, 3.05) is 0 Å². The van der Waals surface area contributed by atoms with Gasteiger partial charge in [0.25, 0.3) is 0 Å². The lowest BCUT2D eigenvalue weighted by molar-refractivity contribution is -0.184. The molecule has 22 heavy (non-hydrogen) atoms. The van der Waals surface area contributed by atoms with E-state index < -0.39 is 0 Å². The average Bonchev–Trinajstić information content (AvgIpc) is 2.55. The van der Waals surface area contributed by atoms with Crippen molar-refractivity contribution in [2.45, 2.75) is 76.7 Å². The van der Waals surface area contributed by atoms with Crippen molar-refractivity contribution in [3.63, 3.8) is 0 Å². The van der Waals surface area contributed by atoms with Gasteiger partial charge in [0.15, 0.2) is 0 Å². The predicted octanol–water partition coefficient (Wildman–Crippen LogP) is 4.90. The molecule has 1 aromatic rings. The molecule has 1 heterocycles. The first-order valence-electron chi connectivity index (χ1n) is 8.78. The Bertz CT molecular complexity index is 446. The van der Waals surface area contributed by atoms with Crippen LogP contribution >= 0.6 is 0 Å². The molecule has 2 atom stereocenters. The zero-order chi connectivity index (χ0) is 15.8. The highest BCUT2D eigenvalue weighted by atomic mass is 16.5. The van der Waals surface area contributed by atoms with E-state index in [0.29, 0.717) is 6.42 Å². The van der Waals surface area contributed by atoms with Gasteiger partial charge in [-0.15, -0.1) is 0 Å². The second-order valence-electron chi connectivity index (χ2n) is 6.50. The van der Waals surface area contributed by atoms with Gasteiger partial charge in [-0.25, -0.2) is 5.06 Å². The van der Waals surface area contributed by atoms with Crippen molar-refractivity contribution in [1.29, 1.82) is 0 Å². The molecule has 0 saturated carbocycles. The Balaban J connectivity index is 1.83. The zero-order valence-corrected chi connectivity index (χ0v) is 13.7. The summed E-state index contributed by atoms with van der Waals surface area (Å²) in [6.45, 7) is 2.22. The van der Waals surface area contributed by atoms with E-state index in [9.17, 15) is 10.0 Å². The highest BCUT2D eigenvalue weighted by Gasteiger charge is 2.33. The van der Waals surface area contributed by atoms with Crippen molar-refractivity contribution in [3.05, 3.63) is 35.9 Å². The lowest BCUT2D eigenvalue weighted by atomic mass is 9.84. The molecule has 0 spiro atoms. The fourth-order valence-electron chi connectivity index (χ4n) is 3.40. The molecule has 2 rings (SSSR count). The van der Waals surface area contributed by atoms with Gasteiger partial charge in [0.05, 0.1) is 6.04 Å². The maximum absolute atomic E-state index is 12.0. The summed E-state index contributed by atoms with van der Waals surface area (Å²) in [7, 11) is 0. The molecule has 0 bridgehead atoms. The summed E-state index contributed by atoms with van der Waals surface area (Å²) in [6.07, 6.45) is 9.66. The number of amides is 1. The Labute approximate surface area is 134 Å². The SMILES string of the molecule is CCCCCCCC[C@@H]1C[C@@H](c2ccccc2)CC(=O)N1O. The Hall–Kier alpha value is -1.35. The van der Waals surface area contributed by atoms with Crippen molar-refractivity contribution in [3.8, 4) is 0 Å². The standard InChI is InChI=1S/C19H29NO2/c1-2-3-4-5-6-10-13-18-14-17(15-19(21)20(18)22)16-11-8-7-9-12-16/h7-9,11-12,17-18,22H,2-6,10,13-15H2,1H3/t17-,18-/m1/s1. The largest absolute Gasteiger partial charge is 0.286 e. The molecule has 0 aromatic heterocycles. The number of hydroxylamine groups is 2. The lowest BCUT2D eigenvalue weighted by Gasteiger charge is -2.35. The van der Waals surface area contributed by atoms with E-state index in [1.165, 1.54) is 37.7 Å². The fourth-order valence-corrected chi connectivity index (χ4v) is 3.40. The summed E-state index contributed by atoms with van der Waals surface area (Å²) < 4.78 is 0. The quantitative estimate of drug-likeness (QED) is 0.548. The van der Waals surface area contributed by atoms with Crippen LogP contribution in [0, 0.1) is 0 Å². The molecule has 1 N–H and O–H groups in total. The predicted molar refractivity (Wildman–Crippen MR) is 88.8 cm³/mol. The third-order valence-electron chi connectivity index (χ3n) is 4.74. The van der Waals surface area contributed by atoms with E-state index in [-0.39, 0.29) is 17.9 Å². The van der Waals surface area contributed by atoms with E-state index >= 15 is 0 Å². The third kappa shape index (κ3) is 4.84. The molecule has 1 amide bonds. The molecule has 3 nitrogen and oxygen atoms in total. The van der Waals surface area contributed by atoms with Crippen LogP contribution in [0.1, 0.15) is 76.2 Å². The van der Waals surface area contributed by atoms with Crippen LogP contribution < -0.4 is 0 Å². The van der Waals surface area contributed by atoms with Gasteiger partial charge >= 0.3 is 0 Å². The van der Waals surface area contributed by atoms with Crippen molar-refractivity contribution >= 4 is 5.91 Å². The molecule has 1 fully saturated rings. The number of hydrogen-bond acceptors (Lipinski definition) is 2. The summed E-state index contributed by atoms with van der Waals surface area (Å²) in [4.78, 5) is 12.0. The summed E-state index contributed by atoms with van der Waals surface area (Å²) in [5, 5.41) is 11.0. The van der Waals surface area contributed by atoms with Crippen LogP contribution in [0.4, 0.5) is 0 Å². The number of carbonyl (C=O) groups is 1. The minimum Gasteiger partial charge on any atom is -0.286 e. The van der Waals surface area contributed by atoms with Crippen LogP contribution in [-0.4, -0.2) is 22.2 Å². The molecular weight excluding hydrogens is 274 g/mol. The maximum Gasteiger partial charge on any atom is 0.246 e. The first kappa shape index (κ1) is 17.0. The van der Waals surface area contributed by atoms with Gasteiger partial charge in [0, 0.05) is 6.42 Å². The van der Waals surface area contributed by atoms with Crippen LogP contribution in [-0.2, 0) is 4.79 Å². The van der Waals surface area contributed by atoms with Crippen LogP contribution in [0.2, 0.25) is 0 Å². The zero-order valence-electron chi connectivity index (χ0n) is 13.7. The van der Waals surface area contributed by atoms with Crippen molar-refractivity contribution in [1.82, 2.24) is 5.06 Å². The van der Waals surface area contributed by atoms with Crippen molar-refractivity contribution < 1.29 is 10.0 Å². The molecule has 1 aromatic carbocycles. The number of unbranched alkanes of at least 4 members (excludes halogenated alkanes) is 5. The number of nitrogens with zero attached hydrogens (tertiary/aromatic N) is 1. The maximum atomic E-state index is 12.0. The number of rotatable bonds is 8. The van der Waals surface area contributed by atoms with Gasteiger partial charge in [0.1, 0.15) is 0 Å². The third-order valence-corrected chi connectivity index (χ3v) is 4.74. The Morgan fingerprint density at radius 1 is 1.09 bits per heavy atom. The van der Waals surface area contributed by atoms with E-state index in [0.717, 1.165) is 24.3 Å². The Morgan fingerprint density at radius 2 is 1.77 bits per heavy atom. The second kappa shape index (κ2) is 8.94. The molecule has 1 saturated heterocycles. The molecule has 3 heteroatoms. The van der Waals surface area contributed by atoms with Crippen LogP contribution in [0.25, 0.3) is 0 Å². The molecule has 0 unspecified atom stereocenters. The summed E-state index contributed by atoms with van der Waals surface area (Å²) >= 11 is 0. The highest BCUT2D eigenvalue weighted by molar-refractivity contribution is 5.77. The van der Waals surface area contributed by atoms with E-state index in [4.69, 9.17) is 0 Å². The Morgan fingerprint density at radius 3 is 2.50 bits per heavy atom. The number of piperidine rings is 1. The molecule has 0 radical (unpaired) electrons. The monoisotopic (exact) mass is 303 g/mol. The first-order valence-corrected chi connectivity index (χ1v) is 8.78. The topological polar surface area (TPSA) is 40.5 Å². The van der Waals surface area contributed by atoms with Crippen LogP contribution in [0.3, 0.4) is 0 Å². The Kier molecular flexibility index (Phi) is 6.91. The summed E-state index contributed by atoms with van der Waals surface area (Å²) in [6, 6.07) is 10.2. The fraction of sp³-hybridized carbons (Fsp3) is 0.632. The molecular formula is C19H29NO2. The smallest absolute Gasteiger partial charge is 0.246 e.